The number of tetrazole rings is 1. The summed E-state index contributed by atoms with van der Waals surface area (Å²) in [5.74, 6) is 1.29. The van der Waals surface area contributed by atoms with Crippen LogP contribution in [0.3, 0.4) is 0 Å². The molecule has 0 bridgehead atoms. The molecule has 0 radical (unpaired) electrons. The van der Waals surface area contributed by atoms with Crippen LogP contribution in [0.15, 0.2) is 77.6 Å². The van der Waals surface area contributed by atoms with Gasteiger partial charge in [0.05, 0.1) is 18.0 Å². The monoisotopic (exact) mass is 506 g/mol. The number of hydrogen-bond acceptors (Lipinski definition) is 6. The van der Waals surface area contributed by atoms with Crippen molar-refractivity contribution in [1.29, 1.82) is 0 Å². The van der Waals surface area contributed by atoms with Gasteiger partial charge in [0.25, 0.3) is 5.56 Å². The molecule has 38 heavy (non-hydrogen) atoms. The summed E-state index contributed by atoms with van der Waals surface area (Å²) in [4.78, 5) is 18.9. The standard InChI is InChI=1S/C30H30N6O2/c1-4-27-26(18-20-9-8-10-21(17-20)19-38-3)30(37)36(28(5-2)31-27)23-15-13-22(14-16-23)24-11-6-7-12-25(24)29-32-34-35-33-29/h6-17H,4-5,18-19H2,1-3H3,(H,32,33,34,35). The van der Waals surface area contributed by atoms with Crippen molar-refractivity contribution in [2.75, 3.05) is 7.11 Å². The molecular formula is C30H30N6O2. The molecule has 0 atom stereocenters. The van der Waals surface area contributed by atoms with Gasteiger partial charge in [-0.25, -0.2) is 4.98 Å². The fourth-order valence-electron chi connectivity index (χ4n) is 4.82. The van der Waals surface area contributed by atoms with Crippen molar-refractivity contribution in [3.63, 3.8) is 0 Å². The van der Waals surface area contributed by atoms with Gasteiger partial charge >= 0.3 is 0 Å². The largest absolute Gasteiger partial charge is 0.380 e. The number of ether oxygens (including phenoxy) is 1. The van der Waals surface area contributed by atoms with E-state index in [-0.39, 0.29) is 5.56 Å². The quantitative estimate of drug-likeness (QED) is 0.304. The normalized spacial score (nSPS) is 11.1. The number of aromatic nitrogens is 6. The molecule has 8 nitrogen and oxygen atoms in total. The fourth-order valence-corrected chi connectivity index (χ4v) is 4.82. The summed E-state index contributed by atoms with van der Waals surface area (Å²) >= 11 is 0. The second kappa shape index (κ2) is 11.3. The number of benzene rings is 3. The van der Waals surface area contributed by atoms with Crippen LogP contribution in [0, 0.1) is 0 Å². The average Bonchev–Trinajstić information content (AvgIpc) is 3.50. The Morgan fingerprint density at radius 3 is 2.34 bits per heavy atom. The maximum atomic E-state index is 14.0. The lowest BCUT2D eigenvalue weighted by atomic mass is 9.99. The van der Waals surface area contributed by atoms with Crippen LogP contribution in [0.25, 0.3) is 28.2 Å². The molecule has 5 aromatic rings. The predicted octanol–water partition coefficient (Wildman–Crippen LogP) is 4.94. The average molecular weight is 507 g/mol. The van der Waals surface area contributed by atoms with Gasteiger partial charge in [-0.2, -0.15) is 5.21 Å². The molecule has 0 unspecified atom stereocenters. The second-order valence-corrected chi connectivity index (χ2v) is 9.06. The first-order valence-corrected chi connectivity index (χ1v) is 12.8. The molecule has 0 aliphatic heterocycles. The number of aryl methyl sites for hydroxylation is 2. The lowest BCUT2D eigenvalue weighted by Gasteiger charge is -2.17. The van der Waals surface area contributed by atoms with Crippen molar-refractivity contribution in [3.05, 3.63) is 111 Å². The maximum absolute atomic E-state index is 14.0. The van der Waals surface area contributed by atoms with E-state index in [0.717, 1.165) is 50.6 Å². The molecule has 0 saturated carbocycles. The molecule has 0 saturated heterocycles. The third kappa shape index (κ3) is 5.03. The maximum Gasteiger partial charge on any atom is 0.261 e. The Hall–Kier alpha value is -4.43. The number of nitrogens with zero attached hydrogens (tertiary/aromatic N) is 5. The topological polar surface area (TPSA) is 98.6 Å². The van der Waals surface area contributed by atoms with E-state index in [1.54, 1.807) is 11.7 Å². The van der Waals surface area contributed by atoms with Crippen LogP contribution in [0.5, 0.6) is 0 Å². The van der Waals surface area contributed by atoms with Crippen LogP contribution in [-0.2, 0) is 30.6 Å². The van der Waals surface area contributed by atoms with E-state index in [9.17, 15) is 4.79 Å². The van der Waals surface area contributed by atoms with Gasteiger partial charge < -0.3 is 4.74 Å². The Morgan fingerprint density at radius 1 is 0.895 bits per heavy atom. The number of nitrogens with one attached hydrogen (secondary N) is 1. The zero-order valence-electron chi connectivity index (χ0n) is 21.8. The van der Waals surface area contributed by atoms with Crippen molar-refractivity contribution < 1.29 is 4.74 Å². The molecule has 0 spiro atoms. The van der Waals surface area contributed by atoms with Crippen molar-refractivity contribution in [1.82, 2.24) is 30.2 Å². The summed E-state index contributed by atoms with van der Waals surface area (Å²) in [6, 6.07) is 24.1. The summed E-state index contributed by atoms with van der Waals surface area (Å²) in [6.45, 7) is 4.61. The van der Waals surface area contributed by atoms with Crippen LogP contribution >= 0.6 is 0 Å². The van der Waals surface area contributed by atoms with E-state index in [0.29, 0.717) is 31.7 Å². The van der Waals surface area contributed by atoms with E-state index in [2.05, 4.69) is 26.7 Å². The van der Waals surface area contributed by atoms with Crippen molar-refractivity contribution in [2.24, 2.45) is 0 Å². The van der Waals surface area contributed by atoms with E-state index in [4.69, 9.17) is 9.72 Å². The van der Waals surface area contributed by atoms with Gasteiger partial charge in [-0.05, 0) is 46.0 Å². The van der Waals surface area contributed by atoms with Crippen molar-refractivity contribution >= 4 is 0 Å². The minimum Gasteiger partial charge on any atom is -0.380 e. The van der Waals surface area contributed by atoms with E-state index in [1.807, 2.05) is 80.6 Å². The molecule has 192 valence electrons. The smallest absolute Gasteiger partial charge is 0.261 e. The molecule has 0 aliphatic rings. The fraction of sp³-hybridized carbons (Fsp3) is 0.233. The Labute approximate surface area is 221 Å². The minimum atomic E-state index is -0.0224. The summed E-state index contributed by atoms with van der Waals surface area (Å²) in [5.41, 5.74) is 7.36. The Kier molecular flexibility index (Phi) is 7.51. The highest BCUT2D eigenvalue weighted by atomic mass is 16.5. The van der Waals surface area contributed by atoms with Crippen LogP contribution in [0.4, 0.5) is 0 Å². The lowest BCUT2D eigenvalue weighted by molar-refractivity contribution is 0.185. The second-order valence-electron chi connectivity index (χ2n) is 9.06. The third-order valence-electron chi connectivity index (χ3n) is 6.62. The van der Waals surface area contributed by atoms with E-state index in [1.165, 1.54) is 0 Å². The zero-order chi connectivity index (χ0) is 26.5. The predicted molar refractivity (Wildman–Crippen MR) is 147 cm³/mol. The van der Waals surface area contributed by atoms with Gasteiger partial charge in [0.1, 0.15) is 5.82 Å². The van der Waals surface area contributed by atoms with E-state index < -0.39 is 0 Å². The molecule has 0 fully saturated rings. The molecule has 8 heteroatoms. The first-order valence-electron chi connectivity index (χ1n) is 12.8. The highest BCUT2D eigenvalue weighted by Crippen LogP contribution is 2.30. The van der Waals surface area contributed by atoms with Crippen molar-refractivity contribution in [2.45, 2.75) is 39.7 Å². The summed E-state index contributed by atoms with van der Waals surface area (Å²) in [5, 5.41) is 14.5. The summed E-state index contributed by atoms with van der Waals surface area (Å²) in [7, 11) is 1.68. The van der Waals surface area contributed by atoms with Gasteiger partial charge in [0.15, 0.2) is 0 Å². The zero-order valence-corrected chi connectivity index (χ0v) is 21.8. The number of rotatable bonds is 9. The highest BCUT2D eigenvalue weighted by Gasteiger charge is 2.18. The number of methoxy groups -OCH3 is 1. The Bertz CT molecular complexity index is 1590. The molecule has 3 aromatic carbocycles. The third-order valence-corrected chi connectivity index (χ3v) is 6.62. The molecule has 2 aromatic heterocycles. The first kappa shape index (κ1) is 25.2. The lowest BCUT2D eigenvalue weighted by Crippen LogP contribution is -2.29. The summed E-state index contributed by atoms with van der Waals surface area (Å²) in [6.07, 6.45) is 1.86. The van der Waals surface area contributed by atoms with Crippen molar-refractivity contribution in [3.8, 4) is 28.2 Å². The van der Waals surface area contributed by atoms with Gasteiger partial charge in [0.2, 0.25) is 5.82 Å². The van der Waals surface area contributed by atoms with Crippen LogP contribution in [0.1, 0.15) is 42.1 Å². The van der Waals surface area contributed by atoms with Gasteiger partial charge in [0, 0.05) is 31.1 Å². The molecule has 1 N–H and O–H groups in total. The molecule has 2 heterocycles. The number of hydrogen-bond donors (Lipinski definition) is 1. The number of H-pyrrole nitrogens is 1. The van der Waals surface area contributed by atoms with Crippen LogP contribution in [0.2, 0.25) is 0 Å². The summed E-state index contributed by atoms with van der Waals surface area (Å²) < 4.78 is 7.04. The Balaban J connectivity index is 1.56. The molecular weight excluding hydrogens is 476 g/mol. The van der Waals surface area contributed by atoms with Gasteiger partial charge in [-0.15, -0.1) is 10.2 Å². The highest BCUT2D eigenvalue weighted by molar-refractivity contribution is 5.80. The Morgan fingerprint density at radius 2 is 1.66 bits per heavy atom. The number of aromatic amines is 1. The minimum absolute atomic E-state index is 0.0224. The first-order chi connectivity index (χ1) is 18.6. The molecule has 0 aliphatic carbocycles. The SMILES string of the molecule is CCc1nc(CC)n(-c2ccc(-c3ccccc3-c3nn[nH]n3)cc2)c(=O)c1Cc1cccc(COC)c1. The van der Waals surface area contributed by atoms with Gasteiger partial charge in [-0.3, -0.25) is 9.36 Å². The molecule has 0 amide bonds. The van der Waals surface area contributed by atoms with Crippen LogP contribution in [-0.4, -0.2) is 37.3 Å². The van der Waals surface area contributed by atoms with Crippen LogP contribution < -0.4 is 5.56 Å². The van der Waals surface area contributed by atoms with Gasteiger partial charge in [-0.1, -0.05) is 74.5 Å². The van der Waals surface area contributed by atoms with E-state index >= 15 is 0 Å². The molecule has 5 rings (SSSR count).